The molecule has 3 aromatic rings. The second kappa shape index (κ2) is 15.4. The molecule has 13 heteroatoms. The monoisotopic (exact) mass is 786 g/mol. The van der Waals surface area contributed by atoms with E-state index in [0.29, 0.717) is 46.7 Å². The van der Waals surface area contributed by atoms with Gasteiger partial charge in [-0.2, -0.15) is 0 Å². The maximum absolute atomic E-state index is 14.8. The molecule has 300 valence electrons. The Morgan fingerprint density at radius 3 is 2.43 bits per heavy atom. The van der Waals surface area contributed by atoms with E-state index in [0.717, 1.165) is 23.4 Å². The Balaban J connectivity index is 1.19. The predicted molar refractivity (Wildman–Crippen MR) is 213 cm³/mol. The van der Waals surface area contributed by atoms with Gasteiger partial charge >= 0.3 is 11.9 Å². The fraction of sp³-hybridized carbons (Fsp3) is 0.581. The van der Waals surface area contributed by atoms with Crippen molar-refractivity contribution in [2.24, 2.45) is 34.5 Å². The van der Waals surface area contributed by atoms with Gasteiger partial charge in [-0.05, 0) is 74.8 Å². The lowest BCUT2D eigenvalue weighted by molar-refractivity contribution is -0.157. The van der Waals surface area contributed by atoms with Crippen molar-refractivity contribution in [2.75, 3.05) is 26.1 Å². The predicted octanol–water partition coefficient (Wildman–Crippen LogP) is 7.25. The number of fused-ring (bicyclic) bond motifs is 2. The summed E-state index contributed by atoms with van der Waals surface area (Å²) in [6, 6.07) is 6.71. The minimum atomic E-state index is -1.01. The summed E-state index contributed by atoms with van der Waals surface area (Å²) in [6.45, 7) is 13.9. The van der Waals surface area contributed by atoms with E-state index in [-0.39, 0.29) is 55.6 Å². The lowest BCUT2D eigenvalue weighted by atomic mass is 9.77. The Morgan fingerprint density at radius 1 is 1.04 bits per heavy atom. The van der Waals surface area contributed by atoms with Gasteiger partial charge in [-0.1, -0.05) is 26.8 Å². The zero-order valence-corrected chi connectivity index (χ0v) is 34.3. The number of Topliss-reactive ketones (excluding diaryl/α,β-unsaturated/α-hetero) is 1. The topological polar surface area (TPSA) is 146 Å². The van der Waals surface area contributed by atoms with Crippen LogP contribution in [0.1, 0.15) is 79.6 Å². The summed E-state index contributed by atoms with van der Waals surface area (Å²) in [5.74, 6) is 0.0877. The van der Waals surface area contributed by atoms with Crippen molar-refractivity contribution in [1.82, 2.24) is 14.9 Å². The molecule has 1 aliphatic heterocycles. The fourth-order valence-corrected chi connectivity index (χ4v) is 9.60. The number of benzene rings is 1. The first-order valence-corrected chi connectivity index (χ1v) is 20.6. The van der Waals surface area contributed by atoms with Crippen molar-refractivity contribution in [3.63, 3.8) is 0 Å². The number of hydrogen-bond donors (Lipinski definition) is 1. The maximum atomic E-state index is 14.8. The number of likely N-dealkylation sites (tertiary alicyclic amines) is 1. The van der Waals surface area contributed by atoms with E-state index >= 15 is 0 Å². The SMILES string of the molecule is C=C[C@@H]1C[C@]1(CC(=O)[C@@H]1C[C@@H](Oc2cc(-c3csc(NC(C)C)n3)nc3cc(OC)ccc23)CN1C(=O)[C@@H](CC(=O)OC1C[C@@H]2C[C@@H]2C1)C(C)(C)C)C(=O)OC. The summed E-state index contributed by atoms with van der Waals surface area (Å²) in [6.07, 6.45) is 4.43. The molecule has 0 spiro atoms. The Kier molecular flexibility index (Phi) is 10.9. The third-order valence-electron chi connectivity index (χ3n) is 12.1. The van der Waals surface area contributed by atoms with Crippen molar-refractivity contribution in [2.45, 2.75) is 104 Å². The molecule has 0 bridgehead atoms. The number of rotatable bonds is 15. The third-order valence-corrected chi connectivity index (χ3v) is 12.9. The highest BCUT2D eigenvalue weighted by atomic mass is 32.1. The number of carbonyl (C=O) groups is 4. The number of ether oxygens (including phenoxy) is 4. The normalized spacial score (nSPS) is 27.0. The van der Waals surface area contributed by atoms with E-state index in [1.54, 1.807) is 18.1 Å². The molecule has 3 heterocycles. The molecule has 4 aliphatic rings. The quantitative estimate of drug-likeness (QED) is 0.123. The summed E-state index contributed by atoms with van der Waals surface area (Å²) in [7, 11) is 2.92. The van der Waals surface area contributed by atoms with E-state index in [9.17, 15) is 19.2 Å². The van der Waals surface area contributed by atoms with Crippen molar-refractivity contribution in [3.05, 3.63) is 42.3 Å². The number of anilines is 1. The fourth-order valence-electron chi connectivity index (χ4n) is 8.75. The Morgan fingerprint density at radius 2 is 1.79 bits per heavy atom. The van der Waals surface area contributed by atoms with E-state index in [2.05, 4.69) is 11.9 Å². The molecule has 1 N–H and O–H groups in total. The van der Waals surface area contributed by atoms with E-state index in [1.165, 1.54) is 24.9 Å². The van der Waals surface area contributed by atoms with Crippen molar-refractivity contribution in [3.8, 4) is 22.9 Å². The number of pyridine rings is 1. The number of ketones is 1. The molecule has 56 heavy (non-hydrogen) atoms. The number of carbonyl (C=O) groups excluding carboxylic acids is 4. The Labute approximate surface area is 332 Å². The van der Waals surface area contributed by atoms with Gasteiger partial charge in [0.1, 0.15) is 29.4 Å². The second-order valence-corrected chi connectivity index (χ2v) is 18.4. The number of nitrogens with one attached hydrogen (secondary N) is 1. The minimum absolute atomic E-state index is 0.0940. The number of allylic oxidation sites excluding steroid dienone is 1. The lowest BCUT2D eigenvalue weighted by Crippen LogP contribution is -2.48. The number of hydrogen-bond acceptors (Lipinski definition) is 12. The second-order valence-electron chi connectivity index (χ2n) is 17.5. The maximum Gasteiger partial charge on any atom is 0.312 e. The first-order chi connectivity index (χ1) is 26.6. The van der Waals surface area contributed by atoms with Crippen LogP contribution >= 0.6 is 11.3 Å². The standard InChI is InChI=1S/C43H54N4O8S/c1-9-26-19-43(26,40(51)53-8)20-36(48)35-16-29(21-47(35)39(50)31(42(4,5)6)17-38(49)55-28-13-24-12-25(24)14-28)54-37-18-33(34-22-56-41(46-34)44-23(2)3)45-32-15-27(52-7)10-11-30(32)37/h9-11,15,18,22-26,28-29,31,35H,1,12-14,16-17,19-21H2,2-8H3,(H,44,46)/t24-,25+,26-,28?,29-,31-,35+,43-/m1/s1. The molecule has 7 rings (SSSR count). The van der Waals surface area contributed by atoms with Gasteiger partial charge in [0.2, 0.25) is 5.91 Å². The van der Waals surface area contributed by atoms with Crippen LogP contribution in [0, 0.1) is 34.5 Å². The number of aromatic nitrogens is 2. The van der Waals surface area contributed by atoms with Crippen molar-refractivity contribution >= 4 is 51.0 Å². The van der Waals surface area contributed by atoms with Gasteiger partial charge in [-0.3, -0.25) is 19.2 Å². The first kappa shape index (κ1) is 39.7. The molecule has 4 fully saturated rings. The van der Waals surface area contributed by atoms with Crippen LogP contribution in [0.4, 0.5) is 5.13 Å². The molecule has 2 aromatic heterocycles. The van der Waals surface area contributed by atoms with Crippen LogP contribution in [-0.2, 0) is 28.7 Å². The van der Waals surface area contributed by atoms with Crippen LogP contribution in [-0.4, -0.2) is 83.6 Å². The molecule has 12 nitrogen and oxygen atoms in total. The molecule has 1 amide bonds. The summed E-state index contributed by atoms with van der Waals surface area (Å²) < 4.78 is 23.4. The number of thiazole rings is 1. The average molecular weight is 787 g/mol. The highest BCUT2D eigenvalue weighted by Gasteiger charge is 2.61. The Bertz CT molecular complexity index is 2010. The number of amides is 1. The number of esters is 2. The lowest BCUT2D eigenvalue weighted by Gasteiger charge is -2.35. The summed E-state index contributed by atoms with van der Waals surface area (Å²) in [4.78, 5) is 66.9. The molecule has 8 atom stereocenters. The molecule has 1 unspecified atom stereocenters. The van der Waals surface area contributed by atoms with E-state index < -0.39 is 40.8 Å². The zero-order chi connectivity index (χ0) is 40.1. The average Bonchev–Trinajstić information content (AvgIpc) is 3.82. The van der Waals surface area contributed by atoms with Crippen LogP contribution in [0.15, 0.2) is 42.3 Å². The van der Waals surface area contributed by atoms with Crippen LogP contribution in [0.2, 0.25) is 0 Å². The summed E-state index contributed by atoms with van der Waals surface area (Å²) in [5.41, 5.74) is 0.277. The number of nitrogens with zero attached hydrogens (tertiary/aromatic N) is 3. The zero-order valence-electron chi connectivity index (χ0n) is 33.5. The summed E-state index contributed by atoms with van der Waals surface area (Å²) in [5, 5.41) is 6.78. The van der Waals surface area contributed by atoms with E-state index in [4.69, 9.17) is 28.9 Å². The highest BCUT2D eigenvalue weighted by molar-refractivity contribution is 7.14. The molecule has 3 aliphatic carbocycles. The highest BCUT2D eigenvalue weighted by Crippen LogP contribution is 2.57. The smallest absolute Gasteiger partial charge is 0.312 e. The largest absolute Gasteiger partial charge is 0.497 e. The van der Waals surface area contributed by atoms with Gasteiger partial charge in [-0.15, -0.1) is 17.9 Å². The van der Waals surface area contributed by atoms with Crippen LogP contribution in [0.25, 0.3) is 22.3 Å². The molecular weight excluding hydrogens is 733 g/mol. The summed E-state index contributed by atoms with van der Waals surface area (Å²) >= 11 is 1.48. The van der Waals surface area contributed by atoms with Gasteiger partial charge in [0.05, 0.1) is 55.8 Å². The van der Waals surface area contributed by atoms with Crippen LogP contribution in [0.3, 0.4) is 0 Å². The van der Waals surface area contributed by atoms with Gasteiger partial charge in [0, 0.05) is 41.8 Å². The van der Waals surface area contributed by atoms with Crippen molar-refractivity contribution < 1.29 is 38.1 Å². The first-order valence-electron chi connectivity index (χ1n) is 19.7. The molecular formula is C43H54N4O8S. The molecule has 1 saturated heterocycles. The number of methoxy groups -OCH3 is 2. The Hall–Kier alpha value is -4.52. The molecule has 3 saturated carbocycles. The van der Waals surface area contributed by atoms with Gasteiger partial charge in [0.25, 0.3) is 0 Å². The minimum Gasteiger partial charge on any atom is -0.497 e. The molecule has 0 radical (unpaired) electrons. The van der Waals surface area contributed by atoms with Gasteiger partial charge < -0.3 is 29.2 Å². The van der Waals surface area contributed by atoms with E-state index in [1.807, 2.05) is 64.3 Å². The third kappa shape index (κ3) is 8.15. The van der Waals surface area contributed by atoms with Crippen molar-refractivity contribution in [1.29, 1.82) is 0 Å². The van der Waals surface area contributed by atoms with Gasteiger partial charge in [-0.25, -0.2) is 9.97 Å². The molecule has 1 aromatic carbocycles. The van der Waals surface area contributed by atoms with Gasteiger partial charge in [0.15, 0.2) is 10.9 Å². The van der Waals surface area contributed by atoms with Crippen LogP contribution < -0.4 is 14.8 Å². The van der Waals surface area contributed by atoms with Crippen LogP contribution in [0.5, 0.6) is 11.5 Å².